The molecule has 6 heteroatoms. The van der Waals surface area contributed by atoms with Gasteiger partial charge in [-0.15, -0.1) is 11.8 Å². The number of nitrogens with one attached hydrogen (secondary N) is 1. The van der Waals surface area contributed by atoms with Crippen molar-refractivity contribution >= 4 is 23.8 Å². The van der Waals surface area contributed by atoms with Crippen molar-refractivity contribution < 1.29 is 19.1 Å². The molecule has 2 atom stereocenters. The smallest absolute Gasteiger partial charge is 0.407 e. The van der Waals surface area contributed by atoms with E-state index in [0.717, 1.165) is 12.8 Å². The second-order valence-electron chi connectivity index (χ2n) is 7.56. The van der Waals surface area contributed by atoms with Crippen molar-refractivity contribution in [1.82, 2.24) is 5.32 Å². The van der Waals surface area contributed by atoms with Crippen molar-refractivity contribution in [2.75, 3.05) is 12.9 Å². The molecule has 1 aromatic rings. The first-order valence-corrected chi connectivity index (χ1v) is 10.2. The SMILES string of the molecule is CS[C@@]1([C@H](CCc2ccccc2)NC(=O)OC(C)(C)C)CCCOC1=O. The zero-order chi connectivity index (χ0) is 19.2. The summed E-state index contributed by atoms with van der Waals surface area (Å²) < 4.78 is 10.00. The third-order valence-corrected chi connectivity index (χ3v) is 5.84. The third kappa shape index (κ3) is 5.40. The van der Waals surface area contributed by atoms with Gasteiger partial charge in [-0.25, -0.2) is 4.79 Å². The van der Waals surface area contributed by atoms with Gasteiger partial charge in [0.25, 0.3) is 0 Å². The van der Waals surface area contributed by atoms with Crippen LogP contribution in [0, 0.1) is 0 Å². The average molecular weight is 380 g/mol. The molecule has 26 heavy (non-hydrogen) atoms. The predicted molar refractivity (Wildman–Crippen MR) is 104 cm³/mol. The third-order valence-electron chi connectivity index (χ3n) is 4.45. The fraction of sp³-hybridized carbons (Fsp3) is 0.600. The van der Waals surface area contributed by atoms with Crippen LogP contribution in [0.2, 0.25) is 0 Å². The molecule has 0 spiro atoms. The maximum Gasteiger partial charge on any atom is 0.407 e. The molecule has 1 aromatic carbocycles. The number of carbonyl (C=O) groups is 2. The number of ether oxygens (including phenoxy) is 2. The van der Waals surface area contributed by atoms with Crippen molar-refractivity contribution in [3.63, 3.8) is 0 Å². The highest BCUT2D eigenvalue weighted by atomic mass is 32.2. The van der Waals surface area contributed by atoms with Crippen LogP contribution in [0.3, 0.4) is 0 Å². The molecule has 2 rings (SSSR count). The van der Waals surface area contributed by atoms with E-state index < -0.39 is 16.4 Å². The van der Waals surface area contributed by atoms with Crippen molar-refractivity contribution in [3.8, 4) is 0 Å². The van der Waals surface area contributed by atoms with Crippen LogP contribution in [0.1, 0.15) is 45.6 Å². The monoisotopic (exact) mass is 379 g/mol. The molecule has 1 N–H and O–H groups in total. The van der Waals surface area contributed by atoms with Crippen LogP contribution in [-0.4, -0.2) is 41.3 Å². The van der Waals surface area contributed by atoms with Crippen LogP contribution in [-0.2, 0) is 20.7 Å². The summed E-state index contributed by atoms with van der Waals surface area (Å²) >= 11 is 1.46. The quantitative estimate of drug-likeness (QED) is 0.758. The van der Waals surface area contributed by atoms with Gasteiger partial charge >= 0.3 is 12.1 Å². The Balaban J connectivity index is 2.19. The van der Waals surface area contributed by atoms with Crippen LogP contribution >= 0.6 is 11.8 Å². The Morgan fingerprint density at radius 2 is 2.04 bits per heavy atom. The number of rotatable bonds is 6. The lowest BCUT2D eigenvalue weighted by Crippen LogP contribution is -2.58. The lowest BCUT2D eigenvalue weighted by molar-refractivity contribution is -0.151. The van der Waals surface area contributed by atoms with Gasteiger partial charge in [0.2, 0.25) is 0 Å². The van der Waals surface area contributed by atoms with Crippen molar-refractivity contribution in [2.45, 2.75) is 62.8 Å². The summed E-state index contributed by atoms with van der Waals surface area (Å²) in [5, 5.41) is 2.95. The molecule has 0 saturated carbocycles. The second-order valence-corrected chi connectivity index (χ2v) is 8.69. The molecule has 1 aliphatic rings. The molecule has 0 aromatic heterocycles. The number of benzene rings is 1. The number of alkyl carbamates (subject to hydrolysis) is 1. The zero-order valence-electron chi connectivity index (χ0n) is 16.0. The van der Waals surface area contributed by atoms with Gasteiger partial charge in [-0.05, 0) is 58.3 Å². The van der Waals surface area contributed by atoms with Crippen molar-refractivity contribution in [2.24, 2.45) is 0 Å². The normalized spacial score (nSPS) is 21.6. The highest BCUT2D eigenvalue weighted by Gasteiger charge is 2.49. The molecular weight excluding hydrogens is 350 g/mol. The minimum absolute atomic E-state index is 0.245. The Hall–Kier alpha value is -1.69. The van der Waals surface area contributed by atoms with Gasteiger partial charge in [0, 0.05) is 0 Å². The number of aryl methyl sites for hydroxylation is 1. The van der Waals surface area contributed by atoms with E-state index in [4.69, 9.17) is 9.47 Å². The highest BCUT2D eigenvalue weighted by molar-refractivity contribution is 8.00. The van der Waals surface area contributed by atoms with E-state index in [9.17, 15) is 9.59 Å². The van der Waals surface area contributed by atoms with Crippen LogP contribution in [0.15, 0.2) is 30.3 Å². The molecule has 1 heterocycles. The molecule has 1 amide bonds. The number of hydrogen-bond acceptors (Lipinski definition) is 5. The Kier molecular flexibility index (Phi) is 6.98. The molecule has 5 nitrogen and oxygen atoms in total. The number of esters is 1. The summed E-state index contributed by atoms with van der Waals surface area (Å²) in [6, 6.07) is 9.70. The largest absolute Gasteiger partial charge is 0.465 e. The van der Waals surface area contributed by atoms with Gasteiger partial charge in [0.15, 0.2) is 0 Å². The lowest BCUT2D eigenvalue weighted by Gasteiger charge is -2.40. The molecule has 1 aliphatic heterocycles. The number of amides is 1. The van der Waals surface area contributed by atoms with Gasteiger partial charge in [-0.3, -0.25) is 4.79 Å². The maximum absolute atomic E-state index is 12.6. The second kappa shape index (κ2) is 8.80. The summed E-state index contributed by atoms with van der Waals surface area (Å²) in [7, 11) is 0. The molecule has 0 radical (unpaired) electrons. The molecule has 144 valence electrons. The van der Waals surface area contributed by atoms with Crippen LogP contribution < -0.4 is 5.32 Å². The number of cyclic esters (lactones) is 1. The average Bonchev–Trinajstić information content (AvgIpc) is 2.59. The summed E-state index contributed by atoms with van der Waals surface area (Å²) in [6.45, 7) is 5.92. The lowest BCUT2D eigenvalue weighted by atomic mass is 9.87. The van der Waals surface area contributed by atoms with Crippen molar-refractivity contribution in [3.05, 3.63) is 35.9 Å². The van der Waals surface area contributed by atoms with E-state index in [1.807, 2.05) is 45.2 Å². The first kappa shape index (κ1) is 20.6. The van der Waals surface area contributed by atoms with Gasteiger partial charge in [0.05, 0.1) is 12.6 Å². The summed E-state index contributed by atoms with van der Waals surface area (Å²) in [4.78, 5) is 25.0. The molecule has 0 aliphatic carbocycles. The number of carbonyl (C=O) groups excluding carboxylic acids is 2. The highest BCUT2D eigenvalue weighted by Crippen LogP contribution is 2.38. The predicted octanol–water partition coefficient (Wildman–Crippen LogP) is 3.95. The standard InChI is InChI=1S/C20H29NO4S/c1-19(2,3)25-18(23)21-16(12-11-15-9-6-5-7-10-15)20(26-4)13-8-14-24-17(20)22/h5-7,9-10,16H,8,11-14H2,1-4H3,(H,21,23)/t16-,20+/m0/s1. The van der Waals surface area contributed by atoms with Crippen LogP contribution in [0.5, 0.6) is 0 Å². The van der Waals surface area contributed by atoms with E-state index in [-0.39, 0.29) is 12.0 Å². The first-order valence-electron chi connectivity index (χ1n) is 9.03. The number of hydrogen-bond donors (Lipinski definition) is 1. The Morgan fingerprint density at radius 3 is 2.62 bits per heavy atom. The fourth-order valence-electron chi connectivity index (χ4n) is 3.20. The van der Waals surface area contributed by atoms with Gasteiger partial charge < -0.3 is 14.8 Å². The van der Waals surface area contributed by atoms with E-state index in [0.29, 0.717) is 19.4 Å². The van der Waals surface area contributed by atoms with E-state index in [1.165, 1.54) is 17.3 Å². The molecule has 1 fully saturated rings. The Labute approximate surface area is 160 Å². The molecule has 0 bridgehead atoms. The van der Waals surface area contributed by atoms with Gasteiger partial charge in [-0.2, -0.15) is 0 Å². The summed E-state index contributed by atoms with van der Waals surface area (Å²) in [6.07, 6.45) is 4.28. The Bertz CT molecular complexity index is 614. The topological polar surface area (TPSA) is 64.6 Å². The van der Waals surface area contributed by atoms with E-state index in [2.05, 4.69) is 17.4 Å². The molecule has 0 unspecified atom stereocenters. The fourth-order valence-corrected chi connectivity index (χ4v) is 4.23. The van der Waals surface area contributed by atoms with Gasteiger partial charge in [-0.1, -0.05) is 30.3 Å². The van der Waals surface area contributed by atoms with E-state index >= 15 is 0 Å². The molecular formula is C20H29NO4S. The first-order chi connectivity index (χ1) is 12.3. The maximum atomic E-state index is 12.6. The van der Waals surface area contributed by atoms with Crippen LogP contribution in [0.4, 0.5) is 4.79 Å². The van der Waals surface area contributed by atoms with Gasteiger partial charge in [0.1, 0.15) is 10.3 Å². The minimum atomic E-state index is -0.774. The minimum Gasteiger partial charge on any atom is -0.465 e. The summed E-state index contributed by atoms with van der Waals surface area (Å²) in [5.41, 5.74) is 0.581. The Morgan fingerprint density at radius 1 is 1.35 bits per heavy atom. The van der Waals surface area contributed by atoms with Crippen LogP contribution in [0.25, 0.3) is 0 Å². The number of thioether (sulfide) groups is 1. The zero-order valence-corrected chi connectivity index (χ0v) is 16.9. The summed E-state index contributed by atoms with van der Waals surface area (Å²) in [5.74, 6) is -0.245. The van der Waals surface area contributed by atoms with Crippen molar-refractivity contribution in [1.29, 1.82) is 0 Å². The van der Waals surface area contributed by atoms with E-state index in [1.54, 1.807) is 0 Å². The molecule has 1 saturated heterocycles.